The van der Waals surface area contributed by atoms with Crippen LogP contribution in [0.3, 0.4) is 0 Å². The third-order valence-electron chi connectivity index (χ3n) is 4.40. The van der Waals surface area contributed by atoms with Crippen molar-refractivity contribution in [2.24, 2.45) is 0 Å². The van der Waals surface area contributed by atoms with Gasteiger partial charge in [0.05, 0.1) is 29.4 Å². The minimum absolute atomic E-state index is 0.00418. The molecule has 0 aliphatic carbocycles. The van der Waals surface area contributed by atoms with Crippen molar-refractivity contribution in [3.8, 4) is 11.5 Å². The maximum atomic E-state index is 13.2. The molecule has 1 N–H and O–H groups in total. The van der Waals surface area contributed by atoms with Crippen LogP contribution in [0, 0.1) is 0 Å². The van der Waals surface area contributed by atoms with Crippen molar-refractivity contribution in [3.63, 3.8) is 0 Å². The monoisotopic (exact) mass is 472 g/mol. The number of aliphatic carboxylic acids is 1. The maximum Gasteiger partial charge on any atom is 0.307 e. The summed E-state index contributed by atoms with van der Waals surface area (Å²) in [5, 5.41) is 9.10. The van der Waals surface area contributed by atoms with Gasteiger partial charge in [0.25, 0.3) is 0 Å². The fourth-order valence-electron chi connectivity index (χ4n) is 3.07. The first-order chi connectivity index (χ1) is 15.3. The molecule has 0 saturated heterocycles. The quantitative estimate of drug-likeness (QED) is 0.439. The maximum absolute atomic E-state index is 13.2. The standard InChI is InChI=1S/C24H24O6S2/c1-3-29-18-6-5-7-21(15-18)31-20-8-10-22(11-9-20)32(27,28)23-13-17(14-24(25)26)12-19(16-23)30-4-2/h5-13,15-16H,3-4,14H2,1-2H3,(H,25,26). The van der Waals surface area contributed by atoms with E-state index in [1.807, 2.05) is 31.2 Å². The number of sulfone groups is 1. The number of ether oxygens (including phenoxy) is 2. The lowest BCUT2D eigenvalue weighted by atomic mass is 10.1. The van der Waals surface area contributed by atoms with E-state index in [9.17, 15) is 13.2 Å². The molecule has 0 saturated carbocycles. The molecule has 3 aromatic rings. The molecule has 8 heteroatoms. The lowest BCUT2D eigenvalue weighted by Gasteiger charge is -2.11. The Morgan fingerprint density at radius 3 is 2.19 bits per heavy atom. The largest absolute Gasteiger partial charge is 0.494 e. The number of hydrogen-bond acceptors (Lipinski definition) is 6. The van der Waals surface area contributed by atoms with E-state index in [1.54, 1.807) is 37.3 Å². The van der Waals surface area contributed by atoms with Crippen LogP contribution in [0.5, 0.6) is 11.5 Å². The van der Waals surface area contributed by atoms with Gasteiger partial charge in [-0.15, -0.1) is 0 Å². The number of carboxylic acid groups (broad SMARTS) is 1. The highest BCUT2D eigenvalue weighted by atomic mass is 32.2. The van der Waals surface area contributed by atoms with Gasteiger partial charge in [0.15, 0.2) is 0 Å². The summed E-state index contributed by atoms with van der Waals surface area (Å²) in [5.74, 6) is 0.0611. The van der Waals surface area contributed by atoms with Gasteiger partial charge in [0, 0.05) is 9.79 Å². The SMILES string of the molecule is CCOc1cccc(Sc2ccc(S(=O)(=O)c3cc(CC(=O)O)cc(OCC)c3)cc2)c1. The summed E-state index contributed by atoms with van der Waals surface area (Å²) in [6.07, 6.45) is -0.292. The molecule has 0 amide bonds. The fraction of sp³-hybridized carbons (Fsp3) is 0.208. The van der Waals surface area contributed by atoms with Gasteiger partial charge in [0.1, 0.15) is 11.5 Å². The van der Waals surface area contributed by atoms with Crippen molar-refractivity contribution in [1.29, 1.82) is 0 Å². The second-order valence-electron chi connectivity index (χ2n) is 6.80. The average Bonchev–Trinajstić information content (AvgIpc) is 2.74. The predicted octanol–water partition coefficient (Wildman–Crippen LogP) is 5.10. The number of hydrogen-bond donors (Lipinski definition) is 1. The Labute approximate surface area is 192 Å². The molecule has 0 aliphatic heterocycles. The molecule has 0 aliphatic rings. The van der Waals surface area contributed by atoms with E-state index in [0.29, 0.717) is 24.5 Å². The van der Waals surface area contributed by atoms with E-state index in [4.69, 9.17) is 14.6 Å². The van der Waals surface area contributed by atoms with Gasteiger partial charge >= 0.3 is 5.97 Å². The van der Waals surface area contributed by atoms with Crippen LogP contribution in [-0.4, -0.2) is 32.7 Å². The number of carboxylic acids is 1. The molecule has 6 nitrogen and oxygen atoms in total. The summed E-state index contributed by atoms with van der Waals surface area (Å²) in [5.41, 5.74) is 0.364. The van der Waals surface area contributed by atoms with Gasteiger partial charge in [-0.2, -0.15) is 0 Å². The number of rotatable bonds is 10. The Morgan fingerprint density at radius 1 is 0.844 bits per heavy atom. The zero-order chi connectivity index (χ0) is 23.1. The van der Waals surface area contributed by atoms with Crippen LogP contribution < -0.4 is 9.47 Å². The highest BCUT2D eigenvalue weighted by Gasteiger charge is 2.20. The van der Waals surface area contributed by atoms with Crippen molar-refractivity contribution >= 4 is 27.6 Å². The zero-order valence-corrected chi connectivity index (χ0v) is 19.4. The third kappa shape index (κ3) is 6.05. The topological polar surface area (TPSA) is 89.9 Å². The summed E-state index contributed by atoms with van der Waals surface area (Å²) in [7, 11) is -3.84. The van der Waals surface area contributed by atoms with Crippen LogP contribution in [-0.2, 0) is 21.1 Å². The lowest BCUT2D eigenvalue weighted by Crippen LogP contribution is -2.06. The van der Waals surface area contributed by atoms with E-state index >= 15 is 0 Å². The molecule has 0 fully saturated rings. The number of carbonyl (C=O) groups is 1. The van der Waals surface area contributed by atoms with E-state index in [-0.39, 0.29) is 16.2 Å². The van der Waals surface area contributed by atoms with E-state index in [0.717, 1.165) is 15.5 Å². The normalized spacial score (nSPS) is 11.2. The van der Waals surface area contributed by atoms with Crippen molar-refractivity contribution < 1.29 is 27.8 Å². The molecular formula is C24H24O6S2. The van der Waals surface area contributed by atoms with Crippen molar-refractivity contribution in [3.05, 3.63) is 72.3 Å². The van der Waals surface area contributed by atoms with Crippen molar-refractivity contribution in [1.82, 2.24) is 0 Å². The van der Waals surface area contributed by atoms with Gasteiger partial charge in [-0.1, -0.05) is 17.8 Å². The van der Waals surface area contributed by atoms with Crippen LogP contribution in [0.25, 0.3) is 0 Å². The van der Waals surface area contributed by atoms with Gasteiger partial charge in [0.2, 0.25) is 9.84 Å². The first-order valence-electron chi connectivity index (χ1n) is 10.1. The molecule has 3 rings (SSSR count). The van der Waals surface area contributed by atoms with E-state index < -0.39 is 15.8 Å². The Kier molecular flexibility index (Phi) is 7.82. The highest BCUT2D eigenvalue weighted by molar-refractivity contribution is 7.99. The molecule has 168 valence electrons. The highest BCUT2D eigenvalue weighted by Crippen LogP contribution is 2.32. The van der Waals surface area contributed by atoms with Crippen LogP contribution in [0.1, 0.15) is 19.4 Å². The molecular weight excluding hydrogens is 448 g/mol. The van der Waals surface area contributed by atoms with Crippen molar-refractivity contribution in [2.75, 3.05) is 13.2 Å². The summed E-state index contributed by atoms with van der Waals surface area (Å²) >= 11 is 1.50. The van der Waals surface area contributed by atoms with Gasteiger partial charge in [-0.3, -0.25) is 4.79 Å². The second kappa shape index (κ2) is 10.6. The summed E-state index contributed by atoms with van der Waals surface area (Å²) in [4.78, 5) is 13.1. The second-order valence-corrected chi connectivity index (χ2v) is 9.90. The predicted molar refractivity (Wildman–Crippen MR) is 123 cm³/mol. The third-order valence-corrected chi connectivity index (χ3v) is 7.15. The van der Waals surface area contributed by atoms with Gasteiger partial charge < -0.3 is 14.6 Å². The van der Waals surface area contributed by atoms with Crippen LogP contribution in [0.15, 0.2) is 86.3 Å². The molecule has 0 spiro atoms. The minimum atomic E-state index is -3.84. The molecule has 0 radical (unpaired) electrons. The van der Waals surface area contributed by atoms with Gasteiger partial charge in [-0.05, 0) is 80.1 Å². The molecule has 32 heavy (non-hydrogen) atoms. The van der Waals surface area contributed by atoms with Crippen LogP contribution in [0.2, 0.25) is 0 Å². The molecule has 3 aromatic carbocycles. The minimum Gasteiger partial charge on any atom is -0.494 e. The van der Waals surface area contributed by atoms with E-state index in [2.05, 4.69) is 0 Å². The zero-order valence-electron chi connectivity index (χ0n) is 17.8. The van der Waals surface area contributed by atoms with E-state index in [1.165, 1.54) is 23.9 Å². The number of benzene rings is 3. The van der Waals surface area contributed by atoms with Gasteiger partial charge in [-0.25, -0.2) is 8.42 Å². The molecule has 0 atom stereocenters. The first kappa shape index (κ1) is 23.7. The Hall–Kier alpha value is -2.97. The first-order valence-corrected chi connectivity index (χ1v) is 12.4. The Balaban J connectivity index is 1.87. The molecule has 0 aromatic heterocycles. The molecule has 0 unspecified atom stereocenters. The summed E-state index contributed by atoms with van der Waals surface area (Å²) in [6.45, 7) is 4.62. The van der Waals surface area contributed by atoms with Crippen molar-refractivity contribution in [2.45, 2.75) is 39.9 Å². The Morgan fingerprint density at radius 2 is 1.53 bits per heavy atom. The van der Waals surface area contributed by atoms with Crippen LogP contribution in [0.4, 0.5) is 0 Å². The smallest absolute Gasteiger partial charge is 0.307 e. The molecule has 0 bridgehead atoms. The lowest BCUT2D eigenvalue weighted by molar-refractivity contribution is -0.136. The van der Waals surface area contributed by atoms with Crippen LogP contribution >= 0.6 is 11.8 Å². The average molecular weight is 473 g/mol. The summed E-state index contributed by atoms with van der Waals surface area (Å²) in [6, 6.07) is 18.6. The Bertz CT molecular complexity index is 1190. The summed E-state index contributed by atoms with van der Waals surface area (Å²) < 4.78 is 37.3. The fourth-order valence-corrected chi connectivity index (χ4v) is 5.28. The molecule has 0 heterocycles.